The summed E-state index contributed by atoms with van der Waals surface area (Å²) in [6.45, 7) is 5.32. The average molecular weight is 435 g/mol. The minimum Gasteiger partial charge on any atom is -0.383 e. The molecule has 9 heteroatoms. The largest absolute Gasteiger partial charge is 0.383 e. The van der Waals surface area contributed by atoms with Gasteiger partial charge in [-0.2, -0.15) is 0 Å². The number of aryl methyl sites for hydroxylation is 1. The third kappa shape index (κ3) is 4.04. The van der Waals surface area contributed by atoms with E-state index in [-0.39, 0.29) is 4.21 Å². The van der Waals surface area contributed by atoms with E-state index in [1.807, 2.05) is 0 Å². The van der Waals surface area contributed by atoms with Crippen molar-refractivity contribution >= 4 is 33.0 Å². The summed E-state index contributed by atoms with van der Waals surface area (Å²) in [4.78, 5) is 16.7. The van der Waals surface area contributed by atoms with Crippen molar-refractivity contribution in [2.24, 2.45) is 5.92 Å². The molecule has 1 heterocycles. The second-order valence-electron chi connectivity index (χ2n) is 8.45. The number of hydrogen-bond acceptors (Lipinski definition) is 6. The van der Waals surface area contributed by atoms with Gasteiger partial charge in [0.25, 0.3) is 0 Å². The Hall–Kier alpha value is -1.97. The van der Waals surface area contributed by atoms with E-state index in [2.05, 4.69) is 34.1 Å². The van der Waals surface area contributed by atoms with Crippen molar-refractivity contribution in [2.75, 3.05) is 5.32 Å². The number of thiazole rings is 1. The summed E-state index contributed by atoms with van der Waals surface area (Å²) in [5.74, 6) is 1.00. The molecule has 1 fully saturated rings. The molecule has 0 saturated heterocycles. The maximum Gasteiger partial charge on any atom is 0.331 e. The highest BCUT2D eigenvalue weighted by Gasteiger charge is 2.33. The van der Waals surface area contributed by atoms with Gasteiger partial charge in [0, 0.05) is 5.69 Å². The van der Waals surface area contributed by atoms with Gasteiger partial charge in [0.1, 0.15) is 14.8 Å². The second-order valence-corrected chi connectivity index (χ2v) is 11.5. The lowest BCUT2D eigenvalue weighted by Gasteiger charge is -2.27. The normalized spacial score (nSPS) is 18.9. The van der Waals surface area contributed by atoms with E-state index in [9.17, 15) is 14.1 Å². The van der Waals surface area contributed by atoms with Crippen LogP contribution in [0.5, 0.6) is 0 Å². The number of rotatable bonds is 6. The Labute approximate surface area is 175 Å². The van der Waals surface area contributed by atoms with Gasteiger partial charge in [-0.05, 0) is 68.1 Å². The average Bonchev–Trinajstić information content (AvgIpc) is 3.29. The Kier molecular flexibility index (Phi) is 4.95. The second kappa shape index (κ2) is 7.07. The van der Waals surface area contributed by atoms with Crippen LogP contribution >= 0.6 is 11.3 Å². The molecule has 1 unspecified atom stereocenters. The molecule has 0 spiro atoms. The maximum absolute atomic E-state index is 12.8. The summed E-state index contributed by atoms with van der Waals surface area (Å²) < 4.78 is 23.4. The molecule has 156 valence electrons. The van der Waals surface area contributed by atoms with E-state index in [4.69, 9.17) is 4.78 Å². The van der Waals surface area contributed by atoms with E-state index >= 15 is 0 Å². The zero-order valence-electron chi connectivity index (χ0n) is 16.7. The highest BCUT2D eigenvalue weighted by Crippen LogP contribution is 2.46. The molecular weight excluding hydrogens is 408 g/mol. The first kappa shape index (κ1) is 20.3. The molecule has 0 radical (unpaired) electrons. The van der Waals surface area contributed by atoms with Crippen LogP contribution in [0.3, 0.4) is 0 Å². The summed E-state index contributed by atoms with van der Waals surface area (Å²) in [5, 5.41) is 13.3. The fourth-order valence-corrected chi connectivity index (χ4v) is 5.78. The van der Waals surface area contributed by atoms with Crippen molar-refractivity contribution in [1.82, 2.24) is 9.71 Å². The molecule has 7 nitrogen and oxygen atoms in total. The van der Waals surface area contributed by atoms with Gasteiger partial charge in [-0.15, -0.1) is 11.3 Å². The number of carbonyl (C=O) groups is 1. The summed E-state index contributed by atoms with van der Waals surface area (Å²) >= 11 is 0.965. The van der Waals surface area contributed by atoms with Gasteiger partial charge in [-0.3, -0.25) is 0 Å². The molecule has 1 saturated carbocycles. The predicted molar refractivity (Wildman–Crippen MR) is 114 cm³/mol. The molecule has 4 rings (SSSR count). The highest BCUT2D eigenvalue weighted by atomic mass is 32.2. The van der Waals surface area contributed by atoms with Crippen LogP contribution in [0, 0.1) is 10.7 Å². The number of nitrogens with one attached hydrogen (secondary N) is 3. The predicted octanol–water partition coefficient (Wildman–Crippen LogP) is 4.12. The number of aromatic nitrogens is 1. The van der Waals surface area contributed by atoms with Crippen molar-refractivity contribution in [3.63, 3.8) is 0 Å². The summed E-state index contributed by atoms with van der Waals surface area (Å²) in [6.07, 6.45) is 5.61. The number of urea groups is 1. The Bertz CT molecular complexity index is 1070. The SMILES string of the molecule is C[C@H](c1ccc2c(c1NC(=O)NS(=N)(=O)c1cnc(C(C)(C)O)s1)CC2)C1CC1. The van der Waals surface area contributed by atoms with Crippen molar-refractivity contribution < 1.29 is 14.1 Å². The van der Waals surface area contributed by atoms with Crippen LogP contribution in [-0.2, 0) is 28.4 Å². The maximum atomic E-state index is 12.8. The van der Waals surface area contributed by atoms with Gasteiger partial charge in [-0.1, -0.05) is 19.1 Å². The molecule has 1 aromatic carbocycles. The van der Waals surface area contributed by atoms with Gasteiger partial charge in [0.05, 0.1) is 6.20 Å². The zero-order chi connectivity index (χ0) is 21.0. The molecule has 2 amide bonds. The molecule has 1 aromatic heterocycles. The first-order chi connectivity index (χ1) is 13.6. The Morgan fingerprint density at radius 3 is 2.66 bits per heavy atom. The van der Waals surface area contributed by atoms with Gasteiger partial charge < -0.3 is 10.4 Å². The van der Waals surface area contributed by atoms with E-state index in [0.29, 0.717) is 16.8 Å². The van der Waals surface area contributed by atoms with Crippen molar-refractivity contribution in [2.45, 2.75) is 62.2 Å². The third-order valence-corrected chi connectivity index (χ3v) is 8.88. The van der Waals surface area contributed by atoms with E-state index < -0.39 is 21.5 Å². The topological polar surface area (TPSA) is 115 Å². The highest BCUT2D eigenvalue weighted by molar-refractivity contribution is 7.93. The quantitative estimate of drug-likeness (QED) is 0.547. The molecule has 0 aliphatic heterocycles. The van der Waals surface area contributed by atoms with Crippen LogP contribution in [0.25, 0.3) is 0 Å². The number of anilines is 1. The van der Waals surface area contributed by atoms with E-state index in [0.717, 1.165) is 41.0 Å². The van der Waals surface area contributed by atoms with E-state index in [1.54, 1.807) is 13.8 Å². The third-order valence-electron chi connectivity index (χ3n) is 5.67. The standard InChI is InChI=1S/C20H26N4O3S2/c1-11(12-4-5-12)14-8-6-13-7-9-15(13)17(14)23-19(25)24-29(21,27)16-10-22-18(28-16)20(2,3)26/h6,8,10-12,26H,4-5,7,9H2,1-3H3,(H3,21,23,24,25,27)/t11-,29?/m0/s1. The fourth-order valence-electron chi connectivity index (χ4n) is 3.68. The van der Waals surface area contributed by atoms with Crippen LogP contribution in [-0.4, -0.2) is 20.3 Å². The minimum atomic E-state index is -3.58. The van der Waals surface area contributed by atoms with Crippen molar-refractivity contribution in [3.05, 3.63) is 40.0 Å². The zero-order valence-corrected chi connectivity index (χ0v) is 18.4. The number of hydrogen-bond donors (Lipinski definition) is 4. The van der Waals surface area contributed by atoms with Gasteiger partial charge in [-0.25, -0.2) is 23.5 Å². The van der Waals surface area contributed by atoms with E-state index in [1.165, 1.54) is 24.6 Å². The number of nitrogens with zero attached hydrogens (tertiary/aromatic N) is 1. The van der Waals surface area contributed by atoms with Crippen molar-refractivity contribution in [1.29, 1.82) is 4.78 Å². The monoisotopic (exact) mass is 434 g/mol. The summed E-state index contributed by atoms with van der Waals surface area (Å²) in [6, 6.07) is 3.57. The van der Waals surface area contributed by atoms with Crippen molar-refractivity contribution in [3.8, 4) is 0 Å². The summed E-state index contributed by atoms with van der Waals surface area (Å²) in [5.41, 5.74) is 3.10. The lowest BCUT2D eigenvalue weighted by molar-refractivity contribution is 0.0783. The molecule has 2 aliphatic rings. The molecule has 2 aliphatic carbocycles. The Morgan fingerprint density at radius 2 is 2.10 bits per heavy atom. The van der Waals surface area contributed by atoms with Crippen LogP contribution < -0.4 is 10.0 Å². The summed E-state index contributed by atoms with van der Waals surface area (Å²) in [7, 11) is -3.58. The first-order valence-corrected chi connectivity index (χ1v) is 12.1. The van der Waals surface area contributed by atoms with Crippen LogP contribution in [0.1, 0.15) is 61.2 Å². The number of amides is 2. The van der Waals surface area contributed by atoms with Crippen LogP contribution in [0.15, 0.2) is 22.5 Å². The van der Waals surface area contributed by atoms with Gasteiger partial charge in [0.15, 0.2) is 9.92 Å². The number of carbonyl (C=O) groups excluding carboxylic acids is 1. The fraction of sp³-hybridized carbons (Fsp3) is 0.500. The molecule has 2 aromatic rings. The number of aliphatic hydroxyl groups is 1. The Balaban J connectivity index is 1.54. The first-order valence-electron chi connectivity index (χ1n) is 9.77. The minimum absolute atomic E-state index is 0.109. The molecule has 2 atom stereocenters. The van der Waals surface area contributed by atoms with Crippen LogP contribution in [0.4, 0.5) is 10.5 Å². The van der Waals surface area contributed by atoms with Crippen LogP contribution in [0.2, 0.25) is 0 Å². The molecule has 0 bridgehead atoms. The van der Waals surface area contributed by atoms with Gasteiger partial charge >= 0.3 is 6.03 Å². The number of benzene rings is 1. The number of fused-ring (bicyclic) bond motifs is 1. The smallest absolute Gasteiger partial charge is 0.331 e. The lowest BCUT2D eigenvalue weighted by atomic mass is 9.82. The molecular formula is C20H26N4O3S2. The molecule has 4 N–H and O–H groups in total. The lowest BCUT2D eigenvalue weighted by Crippen LogP contribution is -2.34. The Morgan fingerprint density at radius 1 is 1.38 bits per heavy atom. The molecule has 29 heavy (non-hydrogen) atoms. The van der Waals surface area contributed by atoms with Gasteiger partial charge in [0.2, 0.25) is 0 Å².